The van der Waals surface area contributed by atoms with Crippen molar-refractivity contribution in [3.8, 4) is 11.8 Å². The maximum absolute atomic E-state index is 10.5. The Kier molecular flexibility index (Phi) is 5.50. The molecule has 10 heavy (non-hydrogen) atoms. The van der Waals surface area contributed by atoms with Crippen molar-refractivity contribution in [2.75, 3.05) is 13.2 Å². The van der Waals surface area contributed by atoms with Crippen LogP contribution in [0.15, 0.2) is 0 Å². The van der Waals surface area contributed by atoms with Crippen LogP contribution in [0.25, 0.3) is 0 Å². The van der Waals surface area contributed by atoms with E-state index >= 15 is 0 Å². The number of aliphatic hydroxyl groups is 1. The Hall–Kier alpha value is -1.01. The summed E-state index contributed by atoms with van der Waals surface area (Å²) in [5, 5.41) is 10.7. The van der Waals surface area contributed by atoms with Gasteiger partial charge in [0.2, 0.25) is 5.91 Å². The van der Waals surface area contributed by atoms with E-state index in [1.54, 1.807) is 6.92 Å². The highest BCUT2D eigenvalue weighted by Crippen LogP contribution is 1.71. The van der Waals surface area contributed by atoms with Crippen LogP contribution in [0.4, 0.5) is 0 Å². The molecule has 0 rings (SSSR count). The topological polar surface area (TPSA) is 49.3 Å². The van der Waals surface area contributed by atoms with Crippen molar-refractivity contribution in [2.45, 2.75) is 13.3 Å². The highest BCUT2D eigenvalue weighted by molar-refractivity contribution is 5.75. The molecular weight excluding hydrogens is 130 g/mol. The maximum Gasteiger partial charge on any atom is 0.220 e. The minimum Gasteiger partial charge on any atom is -0.384 e. The van der Waals surface area contributed by atoms with Crippen molar-refractivity contribution in [1.29, 1.82) is 0 Å². The lowest BCUT2D eigenvalue weighted by Crippen LogP contribution is -2.22. The number of amides is 1. The van der Waals surface area contributed by atoms with E-state index in [0.29, 0.717) is 13.0 Å². The first-order valence-corrected chi connectivity index (χ1v) is 3.14. The van der Waals surface area contributed by atoms with Crippen molar-refractivity contribution >= 4 is 5.91 Å². The first kappa shape index (κ1) is 8.99. The van der Waals surface area contributed by atoms with Crippen molar-refractivity contribution in [2.24, 2.45) is 0 Å². The summed E-state index contributed by atoms with van der Waals surface area (Å²) in [6.45, 7) is 1.95. The van der Waals surface area contributed by atoms with E-state index < -0.39 is 0 Å². The smallest absolute Gasteiger partial charge is 0.220 e. The Labute approximate surface area is 60.4 Å². The molecule has 0 saturated carbocycles. The van der Waals surface area contributed by atoms with Gasteiger partial charge in [0.15, 0.2) is 0 Å². The minimum absolute atomic E-state index is 0.0211. The average molecular weight is 141 g/mol. The van der Waals surface area contributed by atoms with Crippen LogP contribution in [0.3, 0.4) is 0 Å². The van der Waals surface area contributed by atoms with Gasteiger partial charge in [-0.2, -0.15) is 0 Å². The number of nitrogens with one attached hydrogen (secondary N) is 1. The summed E-state index contributed by atoms with van der Waals surface area (Å²) in [4.78, 5) is 10.5. The van der Waals surface area contributed by atoms with Crippen LogP contribution in [-0.4, -0.2) is 24.2 Å². The fraction of sp³-hybridized carbons (Fsp3) is 0.571. The molecule has 0 spiro atoms. The van der Waals surface area contributed by atoms with Crippen LogP contribution in [0.5, 0.6) is 0 Å². The van der Waals surface area contributed by atoms with E-state index in [0.717, 1.165) is 0 Å². The van der Waals surface area contributed by atoms with Crippen LogP contribution in [-0.2, 0) is 4.79 Å². The number of carbonyl (C=O) groups excluding carboxylic acids is 1. The summed E-state index contributed by atoms with van der Waals surface area (Å²) < 4.78 is 0. The van der Waals surface area contributed by atoms with E-state index in [1.165, 1.54) is 0 Å². The van der Waals surface area contributed by atoms with Crippen molar-refractivity contribution in [1.82, 2.24) is 5.32 Å². The van der Waals surface area contributed by atoms with Gasteiger partial charge < -0.3 is 10.4 Å². The summed E-state index contributed by atoms with van der Waals surface area (Å²) in [6, 6.07) is 0. The van der Waals surface area contributed by atoms with Crippen LogP contribution in [0.2, 0.25) is 0 Å². The lowest BCUT2D eigenvalue weighted by Gasteiger charge is -1.94. The molecule has 0 aromatic carbocycles. The first-order valence-electron chi connectivity index (χ1n) is 3.14. The van der Waals surface area contributed by atoms with Gasteiger partial charge in [0.1, 0.15) is 6.61 Å². The molecular formula is C7H11NO2. The van der Waals surface area contributed by atoms with E-state index in [2.05, 4.69) is 17.2 Å². The van der Waals surface area contributed by atoms with Gasteiger partial charge in [-0.1, -0.05) is 18.8 Å². The largest absolute Gasteiger partial charge is 0.384 e. The quantitative estimate of drug-likeness (QED) is 0.510. The molecule has 0 heterocycles. The number of carbonyl (C=O) groups is 1. The molecule has 0 aromatic rings. The van der Waals surface area contributed by atoms with Gasteiger partial charge in [0.05, 0.1) is 6.54 Å². The Morgan fingerprint density at radius 3 is 2.80 bits per heavy atom. The second-order valence-electron chi connectivity index (χ2n) is 1.64. The molecule has 0 aliphatic heterocycles. The highest BCUT2D eigenvalue weighted by atomic mass is 16.2. The van der Waals surface area contributed by atoms with Crippen LogP contribution in [0.1, 0.15) is 13.3 Å². The molecule has 3 heteroatoms. The standard InChI is InChI=1S/C7H11NO2/c1-2-7(10)8-5-3-4-6-9/h9H,2,5-6H2,1H3,(H,8,10). The average Bonchev–Trinajstić information content (AvgIpc) is 1.98. The summed E-state index contributed by atoms with van der Waals surface area (Å²) in [5.74, 6) is 4.97. The van der Waals surface area contributed by atoms with Gasteiger partial charge in [0.25, 0.3) is 0 Å². The second kappa shape index (κ2) is 6.12. The minimum atomic E-state index is -0.151. The summed E-state index contributed by atoms with van der Waals surface area (Å²) >= 11 is 0. The Balaban J connectivity index is 3.27. The molecule has 0 bridgehead atoms. The van der Waals surface area contributed by atoms with Gasteiger partial charge in [-0.3, -0.25) is 4.79 Å². The van der Waals surface area contributed by atoms with E-state index in [1.807, 2.05) is 0 Å². The summed E-state index contributed by atoms with van der Waals surface area (Å²) in [6.07, 6.45) is 0.473. The van der Waals surface area contributed by atoms with Gasteiger partial charge in [-0.15, -0.1) is 0 Å². The Bertz CT molecular complexity index is 155. The summed E-state index contributed by atoms with van der Waals surface area (Å²) in [5.41, 5.74) is 0. The van der Waals surface area contributed by atoms with Gasteiger partial charge in [0, 0.05) is 6.42 Å². The zero-order valence-corrected chi connectivity index (χ0v) is 5.98. The highest BCUT2D eigenvalue weighted by Gasteiger charge is 1.90. The van der Waals surface area contributed by atoms with Gasteiger partial charge >= 0.3 is 0 Å². The third-order valence-electron chi connectivity index (χ3n) is 0.899. The lowest BCUT2D eigenvalue weighted by molar-refractivity contribution is -0.120. The molecule has 0 unspecified atom stereocenters. The molecule has 0 saturated heterocycles. The molecule has 1 amide bonds. The number of hydrogen-bond acceptors (Lipinski definition) is 2. The van der Waals surface area contributed by atoms with E-state index in [-0.39, 0.29) is 12.5 Å². The maximum atomic E-state index is 10.5. The van der Waals surface area contributed by atoms with Crippen LogP contribution >= 0.6 is 0 Å². The van der Waals surface area contributed by atoms with Crippen LogP contribution in [0, 0.1) is 11.8 Å². The number of aliphatic hydroxyl groups excluding tert-OH is 1. The SMILES string of the molecule is CCC(=O)NCC#CCO. The first-order chi connectivity index (χ1) is 4.81. The van der Waals surface area contributed by atoms with E-state index in [4.69, 9.17) is 5.11 Å². The predicted octanol–water partition coefficient (Wildman–Crippen LogP) is -0.492. The third-order valence-corrected chi connectivity index (χ3v) is 0.899. The monoisotopic (exact) mass is 141 g/mol. The molecule has 56 valence electrons. The molecule has 2 N–H and O–H groups in total. The van der Waals surface area contributed by atoms with Gasteiger partial charge in [-0.25, -0.2) is 0 Å². The number of hydrogen-bond donors (Lipinski definition) is 2. The molecule has 0 aliphatic carbocycles. The predicted molar refractivity (Wildman–Crippen MR) is 38.2 cm³/mol. The van der Waals surface area contributed by atoms with E-state index in [9.17, 15) is 4.79 Å². The molecule has 0 fully saturated rings. The van der Waals surface area contributed by atoms with Crippen molar-refractivity contribution < 1.29 is 9.90 Å². The Morgan fingerprint density at radius 1 is 1.60 bits per heavy atom. The summed E-state index contributed by atoms with van der Waals surface area (Å²) in [7, 11) is 0. The molecule has 0 radical (unpaired) electrons. The Morgan fingerprint density at radius 2 is 2.30 bits per heavy atom. The fourth-order valence-electron chi connectivity index (χ4n) is 0.386. The molecule has 3 nitrogen and oxygen atoms in total. The molecule has 0 aliphatic rings. The normalized spacial score (nSPS) is 7.80. The molecule has 0 aromatic heterocycles. The zero-order valence-electron chi connectivity index (χ0n) is 5.98. The van der Waals surface area contributed by atoms with Crippen molar-refractivity contribution in [3.05, 3.63) is 0 Å². The second-order valence-corrected chi connectivity index (χ2v) is 1.64. The lowest BCUT2D eigenvalue weighted by atomic mass is 10.4. The van der Waals surface area contributed by atoms with Crippen molar-refractivity contribution in [3.63, 3.8) is 0 Å². The third kappa shape index (κ3) is 5.13. The molecule has 0 atom stereocenters. The zero-order chi connectivity index (χ0) is 7.82. The van der Waals surface area contributed by atoms with Crippen LogP contribution < -0.4 is 5.32 Å². The van der Waals surface area contributed by atoms with Gasteiger partial charge in [-0.05, 0) is 0 Å². The fourth-order valence-corrected chi connectivity index (χ4v) is 0.386. The number of rotatable bonds is 2.